The molecule has 5 nitrogen and oxygen atoms in total. The second-order valence-corrected chi connectivity index (χ2v) is 4.24. The van der Waals surface area contributed by atoms with Gasteiger partial charge in [-0.15, -0.1) is 0 Å². The Balaban J connectivity index is 2.53. The number of nitrogens with one attached hydrogen (secondary N) is 1. The minimum atomic E-state index is -0.933. The fraction of sp³-hybridized carbons (Fsp3) is 0.462. The van der Waals surface area contributed by atoms with Gasteiger partial charge < -0.3 is 20.3 Å². The predicted octanol–water partition coefficient (Wildman–Crippen LogP) is 0.557. The number of aliphatic hydroxyl groups excluding tert-OH is 2. The van der Waals surface area contributed by atoms with Crippen molar-refractivity contribution in [3.63, 3.8) is 0 Å². The van der Waals surface area contributed by atoms with E-state index in [-0.39, 0.29) is 25.2 Å². The smallest absolute Gasteiger partial charge is 0.251 e. The second kappa shape index (κ2) is 6.98. The van der Waals surface area contributed by atoms with E-state index in [1.165, 1.54) is 0 Å². The van der Waals surface area contributed by atoms with Crippen molar-refractivity contribution < 1.29 is 19.7 Å². The lowest BCUT2D eigenvalue weighted by Crippen LogP contribution is -2.33. The van der Waals surface area contributed by atoms with Crippen LogP contribution < -0.4 is 10.1 Å². The third-order valence-electron chi connectivity index (χ3n) is 2.20. The number of amides is 1. The van der Waals surface area contributed by atoms with Gasteiger partial charge in [-0.2, -0.15) is 0 Å². The van der Waals surface area contributed by atoms with Crippen LogP contribution >= 0.6 is 0 Å². The number of carbonyl (C=O) groups excluding carboxylic acids is 1. The summed E-state index contributed by atoms with van der Waals surface area (Å²) in [5.74, 6) is 0.413. The van der Waals surface area contributed by atoms with Crippen LogP contribution in [0.25, 0.3) is 0 Å². The van der Waals surface area contributed by atoms with Crippen molar-refractivity contribution in [2.24, 2.45) is 0 Å². The SMILES string of the molecule is CC(C)Oc1ccc(C(=O)NCC(O)CO)cc1. The van der Waals surface area contributed by atoms with Gasteiger partial charge in [0.2, 0.25) is 0 Å². The first-order valence-corrected chi connectivity index (χ1v) is 5.86. The van der Waals surface area contributed by atoms with E-state index in [0.29, 0.717) is 11.3 Å². The van der Waals surface area contributed by atoms with Gasteiger partial charge >= 0.3 is 0 Å². The van der Waals surface area contributed by atoms with Crippen molar-refractivity contribution >= 4 is 5.91 Å². The van der Waals surface area contributed by atoms with Crippen LogP contribution in [0.3, 0.4) is 0 Å². The Bertz CT molecular complexity index is 375. The Morgan fingerprint density at radius 2 is 1.94 bits per heavy atom. The lowest BCUT2D eigenvalue weighted by atomic mass is 10.2. The third-order valence-corrected chi connectivity index (χ3v) is 2.20. The van der Waals surface area contributed by atoms with Crippen LogP contribution in [0.15, 0.2) is 24.3 Å². The van der Waals surface area contributed by atoms with Crippen molar-refractivity contribution in [3.05, 3.63) is 29.8 Å². The Labute approximate surface area is 106 Å². The van der Waals surface area contributed by atoms with Crippen LogP contribution in [0.4, 0.5) is 0 Å². The zero-order chi connectivity index (χ0) is 13.5. The standard InChI is InChI=1S/C13H19NO4/c1-9(2)18-12-5-3-10(4-6-12)13(17)14-7-11(16)8-15/h3-6,9,11,15-16H,7-8H2,1-2H3,(H,14,17). The van der Waals surface area contributed by atoms with E-state index >= 15 is 0 Å². The van der Waals surface area contributed by atoms with E-state index in [1.54, 1.807) is 24.3 Å². The molecule has 0 heterocycles. The molecule has 0 spiro atoms. The monoisotopic (exact) mass is 253 g/mol. The molecule has 1 amide bonds. The van der Waals surface area contributed by atoms with Crippen LogP contribution in [-0.2, 0) is 0 Å². The van der Waals surface area contributed by atoms with E-state index < -0.39 is 6.10 Å². The summed E-state index contributed by atoms with van der Waals surface area (Å²) in [5.41, 5.74) is 0.483. The van der Waals surface area contributed by atoms with E-state index in [2.05, 4.69) is 5.32 Å². The van der Waals surface area contributed by atoms with Gasteiger partial charge in [-0.25, -0.2) is 0 Å². The van der Waals surface area contributed by atoms with Crippen LogP contribution in [0, 0.1) is 0 Å². The maximum atomic E-state index is 11.7. The highest BCUT2D eigenvalue weighted by molar-refractivity contribution is 5.94. The van der Waals surface area contributed by atoms with Crippen LogP contribution in [0.1, 0.15) is 24.2 Å². The molecule has 3 N–H and O–H groups in total. The maximum absolute atomic E-state index is 11.7. The molecular formula is C13H19NO4. The molecule has 0 aromatic heterocycles. The number of benzene rings is 1. The first-order valence-electron chi connectivity index (χ1n) is 5.86. The lowest BCUT2D eigenvalue weighted by Gasteiger charge is -2.11. The maximum Gasteiger partial charge on any atom is 0.251 e. The molecule has 0 aliphatic heterocycles. The fourth-order valence-corrected chi connectivity index (χ4v) is 1.33. The van der Waals surface area contributed by atoms with E-state index in [9.17, 15) is 4.79 Å². The van der Waals surface area contributed by atoms with Crippen molar-refractivity contribution in [2.45, 2.75) is 26.1 Å². The van der Waals surface area contributed by atoms with Crippen molar-refractivity contribution in [2.75, 3.05) is 13.2 Å². The summed E-state index contributed by atoms with van der Waals surface area (Å²) in [6.45, 7) is 3.51. The first-order chi connectivity index (χ1) is 8.52. The highest BCUT2D eigenvalue weighted by atomic mass is 16.5. The van der Waals surface area contributed by atoms with Crippen LogP contribution in [-0.4, -0.2) is 41.5 Å². The Morgan fingerprint density at radius 3 is 2.44 bits per heavy atom. The average Bonchev–Trinajstić information content (AvgIpc) is 2.35. The van der Waals surface area contributed by atoms with Gasteiger partial charge in [0.15, 0.2) is 0 Å². The Morgan fingerprint density at radius 1 is 1.33 bits per heavy atom. The minimum absolute atomic E-state index is 0.0274. The quantitative estimate of drug-likeness (QED) is 0.692. The van der Waals surface area contributed by atoms with E-state index in [0.717, 1.165) is 0 Å². The summed E-state index contributed by atoms with van der Waals surface area (Å²) in [5, 5.41) is 20.3. The summed E-state index contributed by atoms with van der Waals surface area (Å²) in [6, 6.07) is 6.74. The molecule has 0 fully saturated rings. The molecule has 0 aliphatic carbocycles. The minimum Gasteiger partial charge on any atom is -0.491 e. The van der Waals surface area contributed by atoms with Gasteiger partial charge in [-0.3, -0.25) is 4.79 Å². The molecule has 5 heteroatoms. The molecule has 1 rings (SSSR count). The summed E-state index contributed by atoms with van der Waals surface area (Å²) in [7, 11) is 0. The lowest BCUT2D eigenvalue weighted by molar-refractivity contribution is 0.0802. The molecule has 0 aliphatic rings. The van der Waals surface area contributed by atoms with Gasteiger partial charge in [0, 0.05) is 12.1 Å². The second-order valence-electron chi connectivity index (χ2n) is 4.24. The molecule has 1 unspecified atom stereocenters. The third kappa shape index (κ3) is 4.73. The average molecular weight is 253 g/mol. The number of aliphatic hydroxyl groups is 2. The van der Waals surface area contributed by atoms with E-state index in [1.807, 2.05) is 13.8 Å². The summed E-state index contributed by atoms with van der Waals surface area (Å²) >= 11 is 0. The number of hydrogen-bond acceptors (Lipinski definition) is 4. The molecule has 0 bridgehead atoms. The van der Waals surface area contributed by atoms with Gasteiger partial charge in [-0.1, -0.05) is 0 Å². The molecule has 18 heavy (non-hydrogen) atoms. The number of hydrogen-bond donors (Lipinski definition) is 3. The first kappa shape index (κ1) is 14.5. The number of rotatable bonds is 6. The van der Waals surface area contributed by atoms with Gasteiger partial charge in [0.25, 0.3) is 5.91 Å². The molecule has 1 aromatic carbocycles. The number of ether oxygens (including phenoxy) is 1. The van der Waals surface area contributed by atoms with Crippen LogP contribution in [0.5, 0.6) is 5.75 Å². The molecular weight excluding hydrogens is 234 g/mol. The predicted molar refractivity (Wildman–Crippen MR) is 67.6 cm³/mol. The van der Waals surface area contributed by atoms with Crippen molar-refractivity contribution in [3.8, 4) is 5.75 Å². The van der Waals surface area contributed by atoms with Gasteiger partial charge in [0.1, 0.15) is 5.75 Å². The summed E-state index contributed by atoms with van der Waals surface area (Å²) in [6.07, 6.45) is -0.845. The summed E-state index contributed by atoms with van der Waals surface area (Å²) < 4.78 is 5.46. The molecule has 1 atom stereocenters. The fourth-order valence-electron chi connectivity index (χ4n) is 1.33. The Kier molecular flexibility index (Phi) is 5.61. The van der Waals surface area contributed by atoms with Crippen LogP contribution in [0.2, 0.25) is 0 Å². The zero-order valence-electron chi connectivity index (χ0n) is 10.6. The topological polar surface area (TPSA) is 78.8 Å². The molecule has 0 saturated carbocycles. The largest absolute Gasteiger partial charge is 0.491 e. The summed E-state index contributed by atoms with van der Waals surface area (Å²) in [4.78, 5) is 11.7. The van der Waals surface area contributed by atoms with Crippen molar-refractivity contribution in [1.82, 2.24) is 5.32 Å². The zero-order valence-corrected chi connectivity index (χ0v) is 10.6. The van der Waals surface area contributed by atoms with Crippen molar-refractivity contribution in [1.29, 1.82) is 0 Å². The number of carbonyl (C=O) groups is 1. The molecule has 100 valence electrons. The molecule has 0 saturated heterocycles. The highest BCUT2D eigenvalue weighted by Gasteiger charge is 2.08. The molecule has 1 aromatic rings. The highest BCUT2D eigenvalue weighted by Crippen LogP contribution is 2.13. The van der Waals surface area contributed by atoms with Gasteiger partial charge in [-0.05, 0) is 38.1 Å². The van der Waals surface area contributed by atoms with Gasteiger partial charge in [0.05, 0.1) is 18.8 Å². The normalized spacial score (nSPS) is 12.3. The Hall–Kier alpha value is -1.59. The molecule has 0 radical (unpaired) electrons. The van der Waals surface area contributed by atoms with E-state index in [4.69, 9.17) is 14.9 Å².